The standard InChI is InChI=1S/C14H22N4/c1-10-2-12-3-11(1)5-14(4-10,6-12)8-15-7-13-16-9-17-18-13/h9-12,15H,1-8H2,(H,16,17,18). The summed E-state index contributed by atoms with van der Waals surface area (Å²) >= 11 is 0. The number of hydrogen-bond donors (Lipinski definition) is 2. The van der Waals surface area contributed by atoms with Gasteiger partial charge in [-0.3, -0.25) is 5.10 Å². The highest BCUT2D eigenvalue weighted by Crippen LogP contribution is 2.59. The van der Waals surface area contributed by atoms with Crippen LogP contribution in [0.4, 0.5) is 0 Å². The lowest BCUT2D eigenvalue weighted by Crippen LogP contribution is -2.50. The van der Waals surface area contributed by atoms with Crippen molar-refractivity contribution >= 4 is 0 Å². The predicted molar refractivity (Wildman–Crippen MR) is 68.7 cm³/mol. The topological polar surface area (TPSA) is 53.6 Å². The van der Waals surface area contributed by atoms with E-state index < -0.39 is 0 Å². The summed E-state index contributed by atoms with van der Waals surface area (Å²) in [6.45, 7) is 2.01. The van der Waals surface area contributed by atoms with Crippen LogP contribution in [0.1, 0.15) is 44.3 Å². The van der Waals surface area contributed by atoms with Gasteiger partial charge < -0.3 is 5.32 Å². The van der Waals surface area contributed by atoms with Crippen molar-refractivity contribution in [2.75, 3.05) is 6.54 Å². The first-order valence-electron chi connectivity index (χ1n) is 7.36. The van der Waals surface area contributed by atoms with E-state index in [-0.39, 0.29) is 0 Å². The zero-order chi connectivity index (χ0) is 12.0. The average molecular weight is 246 g/mol. The Labute approximate surface area is 108 Å². The molecule has 4 saturated carbocycles. The van der Waals surface area contributed by atoms with E-state index in [9.17, 15) is 0 Å². The Bertz CT molecular complexity index is 376. The molecule has 4 fully saturated rings. The van der Waals surface area contributed by atoms with Crippen molar-refractivity contribution in [3.63, 3.8) is 0 Å². The molecule has 0 aromatic carbocycles. The van der Waals surface area contributed by atoms with Crippen LogP contribution >= 0.6 is 0 Å². The molecule has 1 heterocycles. The van der Waals surface area contributed by atoms with Gasteiger partial charge in [0.1, 0.15) is 12.2 Å². The summed E-state index contributed by atoms with van der Waals surface area (Å²) in [6, 6.07) is 0. The monoisotopic (exact) mass is 246 g/mol. The second-order valence-electron chi connectivity index (χ2n) is 6.95. The molecule has 0 radical (unpaired) electrons. The molecule has 0 saturated heterocycles. The molecule has 1 aromatic heterocycles. The summed E-state index contributed by atoms with van der Waals surface area (Å²) in [6.07, 6.45) is 10.6. The van der Waals surface area contributed by atoms with Gasteiger partial charge in [-0.15, -0.1) is 0 Å². The van der Waals surface area contributed by atoms with Crippen molar-refractivity contribution in [3.05, 3.63) is 12.2 Å². The first-order valence-corrected chi connectivity index (χ1v) is 7.36. The van der Waals surface area contributed by atoms with Crippen LogP contribution in [-0.2, 0) is 6.54 Å². The number of nitrogens with one attached hydrogen (secondary N) is 2. The number of aromatic amines is 1. The largest absolute Gasteiger partial charge is 0.309 e. The van der Waals surface area contributed by atoms with E-state index in [0.717, 1.165) is 30.1 Å². The number of H-pyrrole nitrogens is 1. The predicted octanol–water partition coefficient (Wildman–Crippen LogP) is 2.11. The number of rotatable bonds is 4. The lowest BCUT2D eigenvalue weighted by molar-refractivity contribution is -0.0514. The molecule has 18 heavy (non-hydrogen) atoms. The zero-order valence-electron chi connectivity index (χ0n) is 10.9. The quantitative estimate of drug-likeness (QED) is 0.855. The van der Waals surface area contributed by atoms with Crippen molar-refractivity contribution in [1.82, 2.24) is 20.5 Å². The smallest absolute Gasteiger partial charge is 0.138 e. The SMILES string of the molecule is c1n[nH]c(CNCC23CC4CC(CC(C4)C2)C3)n1. The fraction of sp³-hybridized carbons (Fsp3) is 0.857. The Morgan fingerprint density at radius 3 is 2.39 bits per heavy atom. The summed E-state index contributed by atoms with van der Waals surface area (Å²) in [5, 5.41) is 10.4. The average Bonchev–Trinajstić information content (AvgIpc) is 2.79. The Kier molecular flexibility index (Phi) is 2.47. The van der Waals surface area contributed by atoms with E-state index >= 15 is 0 Å². The summed E-state index contributed by atoms with van der Waals surface area (Å²) in [7, 11) is 0. The molecule has 4 aliphatic rings. The third kappa shape index (κ3) is 1.87. The van der Waals surface area contributed by atoms with Gasteiger partial charge in [0, 0.05) is 6.54 Å². The minimum atomic E-state index is 0.620. The third-order valence-corrected chi connectivity index (χ3v) is 5.42. The van der Waals surface area contributed by atoms with Crippen molar-refractivity contribution in [1.29, 1.82) is 0 Å². The van der Waals surface area contributed by atoms with E-state index in [1.165, 1.54) is 45.1 Å². The molecule has 4 nitrogen and oxygen atoms in total. The van der Waals surface area contributed by atoms with Gasteiger partial charge in [0.2, 0.25) is 0 Å². The van der Waals surface area contributed by atoms with E-state index in [1.807, 2.05) is 0 Å². The lowest BCUT2D eigenvalue weighted by Gasteiger charge is -2.57. The molecule has 0 spiro atoms. The van der Waals surface area contributed by atoms with Crippen LogP contribution in [0.2, 0.25) is 0 Å². The minimum absolute atomic E-state index is 0.620. The maximum atomic E-state index is 4.17. The second-order valence-corrected chi connectivity index (χ2v) is 6.95. The Balaban J connectivity index is 1.39. The Hall–Kier alpha value is -0.900. The highest BCUT2D eigenvalue weighted by molar-refractivity contribution is 5.02. The van der Waals surface area contributed by atoms with Gasteiger partial charge in [0.25, 0.3) is 0 Å². The molecule has 0 atom stereocenters. The first kappa shape index (κ1) is 11.0. The van der Waals surface area contributed by atoms with Gasteiger partial charge in [0.05, 0.1) is 6.54 Å². The molecule has 98 valence electrons. The number of nitrogens with zero attached hydrogens (tertiary/aromatic N) is 2. The highest BCUT2D eigenvalue weighted by Gasteiger charge is 2.50. The van der Waals surface area contributed by atoms with Crippen LogP contribution < -0.4 is 5.32 Å². The summed E-state index contributed by atoms with van der Waals surface area (Å²) in [4.78, 5) is 4.17. The van der Waals surface area contributed by atoms with E-state index in [0.29, 0.717) is 5.41 Å². The third-order valence-electron chi connectivity index (χ3n) is 5.42. The molecule has 1 aromatic rings. The van der Waals surface area contributed by atoms with Crippen molar-refractivity contribution in [2.24, 2.45) is 23.2 Å². The van der Waals surface area contributed by atoms with Crippen molar-refractivity contribution in [2.45, 2.75) is 45.1 Å². The lowest BCUT2D eigenvalue weighted by atomic mass is 9.49. The summed E-state index contributed by atoms with van der Waals surface area (Å²) < 4.78 is 0. The van der Waals surface area contributed by atoms with Crippen LogP contribution in [0.25, 0.3) is 0 Å². The molecule has 4 heteroatoms. The van der Waals surface area contributed by atoms with Crippen LogP contribution in [0.15, 0.2) is 6.33 Å². The maximum absolute atomic E-state index is 4.17. The van der Waals surface area contributed by atoms with E-state index in [1.54, 1.807) is 6.33 Å². The second kappa shape index (κ2) is 4.05. The molecule has 5 rings (SSSR count). The Morgan fingerprint density at radius 2 is 1.83 bits per heavy atom. The number of aromatic nitrogens is 3. The zero-order valence-corrected chi connectivity index (χ0v) is 10.9. The van der Waals surface area contributed by atoms with E-state index in [2.05, 4.69) is 20.5 Å². The molecular weight excluding hydrogens is 224 g/mol. The summed E-state index contributed by atoms with van der Waals surface area (Å²) in [5.74, 6) is 4.09. The normalized spacial score (nSPS) is 41.4. The highest BCUT2D eigenvalue weighted by atomic mass is 15.2. The van der Waals surface area contributed by atoms with Gasteiger partial charge in [-0.1, -0.05) is 0 Å². The van der Waals surface area contributed by atoms with Crippen molar-refractivity contribution in [3.8, 4) is 0 Å². The van der Waals surface area contributed by atoms with Crippen molar-refractivity contribution < 1.29 is 0 Å². The summed E-state index contributed by atoms with van der Waals surface area (Å²) in [5.41, 5.74) is 0.620. The van der Waals surface area contributed by atoms with Crippen LogP contribution in [0.5, 0.6) is 0 Å². The van der Waals surface area contributed by atoms with E-state index in [4.69, 9.17) is 0 Å². The van der Waals surface area contributed by atoms with Gasteiger partial charge in [-0.2, -0.15) is 5.10 Å². The molecule has 4 aliphatic carbocycles. The maximum Gasteiger partial charge on any atom is 0.138 e. The molecule has 2 N–H and O–H groups in total. The van der Waals surface area contributed by atoms with Crippen LogP contribution in [0.3, 0.4) is 0 Å². The van der Waals surface area contributed by atoms with Gasteiger partial charge in [-0.05, 0) is 61.7 Å². The fourth-order valence-corrected chi connectivity index (χ4v) is 5.27. The molecule has 4 bridgehead atoms. The molecule has 0 amide bonds. The molecule has 0 unspecified atom stereocenters. The number of hydrogen-bond acceptors (Lipinski definition) is 3. The Morgan fingerprint density at radius 1 is 1.17 bits per heavy atom. The first-order chi connectivity index (χ1) is 8.81. The minimum Gasteiger partial charge on any atom is -0.309 e. The van der Waals surface area contributed by atoms with Gasteiger partial charge in [-0.25, -0.2) is 4.98 Å². The van der Waals surface area contributed by atoms with Crippen LogP contribution in [0, 0.1) is 23.2 Å². The van der Waals surface area contributed by atoms with Gasteiger partial charge in [0.15, 0.2) is 0 Å². The molecular formula is C14H22N4. The van der Waals surface area contributed by atoms with Gasteiger partial charge >= 0.3 is 0 Å². The molecule has 0 aliphatic heterocycles. The van der Waals surface area contributed by atoms with Crippen LogP contribution in [-0.4, -0.2) is 21.7 Å². The fourth-order valence-electron chi connectivity index (χ4n) is 5.27.